The first-order chi connectivity index (χ1) is 7.43. The minimum Gasteiger partial charge on any atom is -0.383 e. The fraction of sp³-hybridized carbons (Fsp3) is 0.833. The van der Waals surface area contributed by atoms with Crippen molar-refractivity contribution in [1.82, 2.24) is 14.8 Å². The highest BCUT2D eigenvalue weighted by atomic mass is 16.5. The van der Waals surface area contributed by atoms with Crippen LogP contribution in [0.2, 0.25) is 0 Å². The van der Waals surface area contributed by atoms with Crippen molar-refractivity contribution in [1.29, 1.82) is 0 Å². The van der Waals surface area contributed by atoms with Crippen LogP contribution in [0, 0.1) is 10.8 Å². The Hall–Kier alpha value is -0.900. The molecule has 4 nitrogen and oxygen atoms in total. The van der Waals surface area contributed by atoms with Crippen LogP contribution in [0.1, 0.15) is 39.4 Å². The van der Waals surface area contributed by atoms with Gasteiger partial charge in [0.1, 0.15) is 12.2 Å². The second-order valence-corrected chi connectivity index (χ2v) is 5.75. The summed E-state index contributed by atoms with van der Waals surface area (Å²) in [5.41, 5.74) is 0.621. The van der Waals surface area contributed by atoms with Crippen molar-refractivity contribution in [2.45, 2.75) is 40.2 Å². The quantitative estimate of drug-likeness (QED) is 0.784. The van der Waals surface area contributed by atoms with Crippen molar-refractivity contribution >= 4 is 0 Å². The number of aromatic nitrogens is 3. The summed E-state index contributed by atoms with van der Waals surface area (Å²) in [6.07, 6.45) is 1.80. The van der Waals surface area contributed by atoms with Gasteiger partial charge < -0.3 is 9.30 Å². The van der Waals surface area contributed by atoms with Crippen LogP contribution in [-0.4, -0.2) is 28.5 Å². The zero-order chi connectivity index (χ0) is 12.0. The van der Waals surface area contributed by atoms with E-state index in [0.29, 0.717) is 23.4 Å². The molecule has 4 heteroatoms. The van der Waals surface area contributed by atoms with Gasteiger partial charge in [-0.05, 0) is 10.8 Å². The monoisotopic (exact) mass is 223 g/mol. The lowest BCUT2D eigenvalue weighted by Gasteiger charge is -2.06. The molecule has 0 unspecified atom stereocenters. The SMILES string of the molecule is COCCn1cnnc1C1C(C)(C)C1(C)C. The second kappa shape index (κ2) is 3.55. The van der Waals surface area contributed by atoms with E-state index in [1.807, 2.05) is 0 Å². The summed E-state index contributed by atoms with van der Waals surface area (Å²) in [5.74, 6) is 1.60. The van der Waals surface area contributed by atoms with Crippen LogP contribution in [0.3, 0.4) is 0 Å². The maximum absolute atomic E-state index is 5.10. The van der Waals surface area contributed by atoms with Gasteiger partial charge in [-0.25, -0.2) is 0 Å². The molecule has 1 heterocycles. The highest BCUT2D eigenvalue weighted by molar-refractivity contribution is 5.26. The average Bonchev–Trinajstić information content (AvgIpc) is 2.55. The van der Waals surface area contributed by atoms with Crippen molar-refractivity contribution in [2.24, 2.45) is 10.8 Å². The Bertz CT molecular complexity index is 367. The Labute approximate surface area is 97.0 Å². The molecule has 2 rings (SSSR count). The van der Waals surface area contributed by atoms with Crippen molar-refractivity contribution in [2.75, 3.05) is 13.7 Å². The molecule has 1 saturated carbocycles. The molecule has 16 heavy (non-hydrogen) atoms. The van der Waals surface area contributed by atoms with Gasteiger partial charge in [0.25, 0.3) is 0 Å². The van der Waals surface area contributed by atoms with Crippen LogP contribution >= 0.6 is 0 Å². The Morgan fingerprint density at radius 2 is 1.94 bits per heavy atom. The van der Waals surface area contributed by atoms with Gasteiger partial charge in [-0.3, -0.25) is 0 Å². The number of methoxy groups -OCH3 is 1. The molecule has 0 spiro atoms. The summed E-state index contributed by atoms with van der Waals surface area (Å²) < 4.78 is 7.21. The molecule has 0 atom stereocenters. The van der Waals surface area contributed by atoms with Gasteiger partial charge in [0.2, 0.25) is 0 Å². The maximum Gasteiger partial charge on any atom is 0.137 e. The molecule has 90 valence electrons. The summed E-state index contributed by atoms with van der Waals surface area (Å²) in [5, 5.41) is 8.30. The number of ether oxygens (including phenoxy) is 1. The number of hydrogen-bond donors (Lipinski definition) is 0. The van der Waals surface area contributed by atoms with Gasteiger partial charge in [-0.2, -0.15) is 0 Å². The van der Waals surface area contributed by atoms with E-state index in [2.05, 4.69) is 42.5 Å². The zero-order valence-electron chi connectivity index (χ0n) is 10.8. The zero-order valence-corrected chi connectivity index (χ0v) is 10.8. The fourth-order valence-corrected chi connectivity index (χ4v) is 2.69. The van der Waals surface area contributed by atoms with Crippen LogP contribution < -0.4 is 0 Å². The minimum absolute atomic E-state index is 0.310. The molecule has 1 fully saturated rings. The van der Waals surface area contributed by atoms with Crippen LogP contribution in [0.5, 0.6) is 0 Å². The summed E-state index contributed by atoms with van der Waals surface area (Å²) in [4.78, 5) is 0. The summed E-state index contributed by atoms with van der Waals surface area (Å²) in [6, 6.07) is 0. The lowest BCUT2D eigenvalue weighted by atomic mass is 10.0. The molecule has 1 aliphatic rings. The minimum atomic E-state index is 0.310. The first kappa shape index (κ1) is 11.6. The molecule has 0 bridgehead atoms. The molecule has 0 aromatic carbocycles. The average molecular weight is 223 g/mol. The molecule has 0 saturated heterocycles. The standard InChI is InChI=1S/C12H21N3O/c1-11(2)9(12(11,3)4)10-14-13-8-15(10)6-7-16-5/h8-9H,6-7H2,1-5H3. The molecule has 0 amide bonds. The molecule has 0 N–H and O–H groups in total. The molecule has 0 aliphatic heterocycles. The molecule has 1 aromatic rings. The second-order valence-electron chi connectivity index (χ2n) is 5.75. The number of nitrogens with zero attached hydrogens (tertiary/aromatic N) is 3. The molecule has 1 aromatic heterocycles. The van der Waals surface area contributed by atoms with E-state index < -0.39 is 0 Å². The predicted molar refractivity (Wildman–Crippen MR) is 62.2 cm³/mol. The van der Waals surface area contributed by atoms with Crippen molar-refractivity contribution < 1.29 is 4.74 Å². The van der Waals surface area contributed by atoms with Crippen molar-refractivity contribution in [3.63, 3.8) is 0 Å². The first-order valence-electron chi connectivity index (χ1n) is 5.79. The largest absolute Gasteiger partial charge is 0.383 e. The van der Waals surface area contributed by atoms with E-state index in [4.69, 9.17) is 4.74 Å². The van der Waals surface area contributed by atoms with E-state index in [1.54, 1.807) is 13.4 Å². The van der Waals surface area contributed by atoms with E-state index >= 15 is 0 Å². The lowest BCUT2D eigenvalue weighted by Crippen LogP contribution is -2.08. The Balaban J connectivity index is 2.20. The molecule has 1 aliphatic carbocycles. The Kier molecular flexibility index (Phi) is 2.57. The topological polar surface area (TPSA) is 39.9 Å². The van der Waals surface area contributed by atoms with Gasteiger partial charge in [0.05, 0.1) is 6.61 Å². The summed E-state index contributed by atoms with van der Waals surface area (Å²) in [7, 11) is 1.72. The number of hydrogen-bond acceptors (Lipinski definition) is 3. The first-order valence-corrected chi connectivity index (χ1v) is 5.79. The third kappa shape index (κ3) is 1.47. The van der Waals surface area contributed by atoms with Crippen LogP contribution in [0.15, 0.2) is 6.33 Å². The van der Waals surface area contributed by atoms with Crippen LogP contribution in [0.4, 0.5) is 0 Å². The van der Waals surface area contributed by atoms with E-state index in [1.165, 1.54) is 0 Å². The van der Waals surface area contributed by atoms with Gasteiger partial charge in [-0.1, -0.05) is 27.7 Å². The third-order valence-electron chi connectivity index (χ3n) is 4.46. The van der Waals surface area contributed by atoms with Gasteiger partial charge in [-0.15, -0.1) is 10.2 Å². The van der Waals surface area contributed by atoms with Crippen LogP contribution in [-0.2, 0) is 11.3 Å². The maximum atomic E-state index is 5.10. The number of rotatable bonds is 4. The third-order valence-corrected chi connectivity index (χ3v) is 4.46. The highest BCUT2D eigenvalue weighted by Crippen LogP contribution is 2.73. The normalized spacial score (nSPS) is 22.3. The van der Waals surface area contributed by atoms with E-state index in [0.717, 1.165) is 12.4 Å². The van der Waals surface area contributed by atoms with E-state index in [-0.39, 0.29) is 0 Å². The molecular formula is C12H21N3O. The summed E-state index contributed by atoms with van der Waals surface area (Å²) in [6.45, 7) is 10.7. The van der Waals surface area contributed by atoms with Gasteiger partial charge >= 0.3 is 0 Å². The van der Waals surface area contributed by atoms with Crippen LogP contribution in [0.25, 0.3) is 0 Å². The molecular weight excluding hydrogens is 202 g/mol. The van der Waals surface area contributed by atoms with Crippen molar-refractivity contribution in [3.05, 3.63) is 12.2 Å². The molecule has 0 radical (unpaired) electrons. The van der Waals surface area contributed by atoms with Gasteiger partial charge in [0.15, 0.2) is 0 Å². The van der Waals surface area contributed by atoms with E-state index in [9.17, 15) is 0 Å². The van der Waals surface area contributed by atoms with Gasteiger partial charge in [0, 0.05) is 19.6 Å². The van der Waals surface area contributed by atoms with Crippen molar-refractivity contribution in [3.8, 4) is 0 Å². The Morgan fingerprint density at radius 3 is 2.44 bits per heavy atom. The predicted octanol–water partition coefficient (Wildman–Crippen LogP) is 2.07. The fourth-order valence-electron chi connectivity index (χ4n) is 2.69. The lowest BCUT2D eigenvalue weighted by molar-refractivity contribution is 0.186. The smallest absolute Gasteiger partial charge is 0.137 e. The highest BCUT2D eigenvalue weighted by Gasteiger charge is 2.67. The Morgan fingerprint density at radius 1 is 1.31 bits per heavy atom. The summed E-state index contributed by atoms with van der Waals surface area (Å²) >= 11 is 0.